The van der Waals surface area contributed by atoms with E-state index in [2.05, 4.69) is 9.97 Å². The molecule has 1 heterocycles. The van der Waals surface area contributed by atoms with Gasteiger partial charge in [-0.05, 0) is 17.7 Å². The Morgan fingerprint density at radius 3 is 2.22 bits per heavy atom. The van der Waals surface area contributed by atoms with Crippen LogP contribution < -0.4 is 4.74 Å². The van der Waals surface area contributed by atoms with Gasteiger partial charge >= 0.3 is 0 Å². The SMILES string of the molecule is Clc1ncc(Cl)c(Oc2cc(Cl)c(Cl)cc2Cl)n1. The van der Waals surface area contributed by atoms with E-state index < -0.39 is 0 Å². The van der Waals surface area contributed by atoms with E-state index in [1.54, 1.807) is 0 Å². The lowest BCUT2D eigenvalue weighted by atomic mass is 10.3. The zero-order chi connectivity index (χ0) is 13.3. The van der Waals surface area contributed by atoms with Gasteiger partial charge in [0.15, 0.2) is 0 Å². The van der Waals surface area contributed by atoms with Crippen LogP contribution in [0.15, 0.2) is 18.3 Å². The molecule has 8 heteroatoms. The van der Waals surface area contributed by atoms with E-state index in [4.69, 9.17) is 62.7 Å². The van der Waals surface area contributed by atoms with Gasteiger partial charge in [-0.3, -0.25) is 0 Å². The molecule has 0 spiro atoms. The van der Waals surface area contributed by atoms with E-state index in [1.807, 2.05) is 0 Å². The largest absolute Gasteiger partial charge is 0.436 e. The van der Waals surface area contributed by atoms with Crippen LogP contribution in [-0.4, -0.2) is 9.97 Å². The minimum atomic E-state index is 0.00517. The van der Waals surface area contributed by atoms with Gasteiger partial charge in [0.2, 0.25) is 11.2 Å². The summed E-state index contributed by atoms with van der Waals surface area (Å²) in [6.07, 6.45) is 1.32. The first-order valence-corrected chi connectivity index (χ1v) is 6.37. The summed E-state index contributed by atoms with van der Waals surface area (Å²) in [5.41, 5.74) is 0. The second-order valence-electron chi connectivity index (χ2n) is 3.09. The molecule has 3 nitrogen and oxygen atoms in total. The minimum Gasteiger partial charge on any atom is -0.436 e. The molecule has 2 aromatic rings. The quantitative estimate of drug-likeness (QED) is 0.530. The Morgan fingerprint density at radius 2 is 1.50 bits per heavy atom. The summed E-state index contributed by atoms with van der Waals surface area (Å²) in [6, 6.07) is 2.91. The van der Waals surface area contributed by atoms with Crippen molar-refractivity contribution in [2.45, 2.75) is 0 Å². The maximum Gasteiger partial charge on any atom is 0.242 e. The van der Waals surface area contributed by atoms with Crippen molar-refractivity contribution >= 4 is 58.0 Å². The summed E-state index contributed by atoms with van der Waals surface area (Å²) in [4.78, 5) is 7.52. The van der Waals surface area contributed by atoms with Gasteiger partial charge in [0, 0.05) is 6.07 Å². The normalized spacial score (nSPS) is 10.5. The second-order valence-corrected chi connectivity index (χ2v) is 5.06. The van der Waals surface area contributed by atoms with Crippen molar-refractivity contribution in [3.05, 3.63) is 43.7 Å². The van der Waals surface area contributed by atoms with Crippen LogP contribution in [0.2, 0.25) is 25.4 Å². The monoisotopic (exact) mass is 342 g/mol. The van der Waals surface area contributed by atoms with E-state index in [0.717, 1.165) is 0 Å². The molecule has 1 aromatic heterocycles. The molecule has 0 atom stereocenters. The van der Waals surface area contributed by atoms with E-state index in [0.29, 0.717) is 10.0 Å². The Kier molecular flexibility index (Phi) is 4.41. The van der Waals surface area contributed by atoms with Crippen LogP contribution in [0.5, 0.6) is 11.6 Å². The molecule has 0 aliphatic rings. The maximum atomic E-state index is 5.96. The fraction of sp³-hybridized carbons (Fsp3) is 0. The van der Waals surface area contributed by atoms with Crippen molar-refractivity contribution < 1.29 is 4.74 Å². The summed E-state index contributed by atoms with van der Waals surface area (Å²) in [5.74, 6) is 0.347. The van der Waals surface area contributed by atoms with Crippen molar-refractivity contribution in [2.75, 3.05) is 0 Å². The molecule has 0 radical (unpaired) electrons. The second kappa shape index (κ2) is 5.68. The van der Waals surface area contributed by atoms with Crippen molar-refractivity contribution in [2.24, 2.45) is 0 Å². The van der Waals surface area contributed by atoms with Gasteiger partial charge in [-0.25, -0.2) is 4.98 Å². The summed E-state index contributed by atoms with van der Waals surface area (Å²) in [6.45, 7) is 0. The molecule has 1 aromatic carbocycles. The molecule has 0 saturated heterocycles. The molecule has 0 aliphatic heterocycles. The maximum absolute atomic E-state index is 5.96. The molecule has 94 valence electrons. The first-order valence-electron chi connectivity index (χ1n) is 4.48. The van der Waals surface area contributed by atoms with Crippen LogP contribution in [0, 0.1) is 0 Å². The van der Waals surface area contributed by atoms with Crippen LogP contribution in [0.3, 0.4) is 0 Å². The number of rotatable bonds is 2. The fourth-order valence-corrected chi connectivity index (χ4v) is 1.92. The number of halogens is 5. The van der Waals surface area contributed by atoms with Gasteiger partial charge in [0.1, 0.15) is 10.8 Å². The van der Waals surface area contributed by atoms with Gasteiger partial charge in [0.25, 0.3) is 0 Å². The first kappa shape index (κ1) is 14.0. The molecule has 0 N–H and O–H groups in total. The zero-order valence-corrected chi connectivity index (χ0v) is 12.2. The van der Waals surface area contributed by atoms with Crippen LogP contribution >= 0.6 is 58.0 Å². The van der Waals surface area contributed by atoms with E-state index >= 15 is 0 Å². The number of aromatic nitrogens is 2. The van der Waals surface area contributed by atoms with E-state index in [-0.39, 0.29) is 27.0 Å². The van der Waals surface area contributed by atoms with E-state index in [9.17, 15) is 0 Å². The highest BCUT2D eigenvalue weighted by molar-refractivity contribution is 6.43. The zero-order valence-electron chi connectivity index (χ0n) is 8.42. The number of benzene rings is 1. The van der Waals surface area contributed by atoms with Crippen LogP contribution in [-0.2, 0) is 0 Å². The highest BCUT2D eigenvalue weighted by Gasteiger charge is 2.12. The lowest BCUT2D eigenvalue weighted by Gasteiger charge is -2.09. The lowest BCUT2D eigenvalue weighted by Crippen LogP contribution is -1.92. The first-order chi connectivity index (χ1) is 8.47. The Hall–Kier alpha value is -0.450. The molecule has 18 heavy (non-hydrogen) atoms. The molecule has 0 amide bonds. The fourth-order valence-electron chi connectivity index (χ4n) is 1.09. The van der Waals surface area contributed by atoms with Gasteiger partial charge in [-0.2, -0.15) is 4.98 Å². The average Bonchev–Trinajstić information content (AvgIpc) is 2.30. The van der Waals surface area contributed by atoms with Crippen LogP contribution in [0.25, 0.3) is 0 Å². The molecular formula is C10H3Cl5N2O. The Morgan fingerprint density at radius 1 is 0.833 bits per heavy atom. The third-order valence-electron chi connectivity index (χ3n) is 1.86. The molecule has 2 rings (SSSR count). The Balaban J connectivity index is 2.40. The predicted molar refractivity (Wildman–Crippen MR) is 73.6 cm³/mol. The van der Waals surface area contributed by atoms with Gasteiger partial charge in [-0.15, -0.1) is 0 Å². The van der Waals surface area contributed by atoms with Crippen molar-refractivity contribution in [1.29, 1.82) is 0 Å². The highest BCUT2D eigenvalue weighted by atomic mass is 35.5. The number of hydrogen-bond donors (Lipinski definition) is 0. The number of ether oxygens (including phenoxy) is 1. The van der Waals surface area contributed by atoms with Crippen molar-refractivity contribution in [3.63, 3.8) is 0 Å². The van der Waals surface area contributed by atoms with Gasteiger partial charge in [0.05, 0.1) is 21.3 Å². The predicted octanol–water partition coefficient (Wildman–Crippen LogP) is 5.54. The Bertz CT molecular complexity index is 605. The highest BCUT2D eigenvalue weighted by Crippen LogP contribution is 2.37. The van der Waals surface area contributed by atoms with Gasteiger partial charge < -0.3 is 4.74 Å². The molecule has 0 bridgehead atoms. The molecule has 0 aliphatic carbocycles. The number of hydrogen-bond acceptors (Lipinski definition) is 3. The summed E-state index contributed by atoms with van der Waals surface area (Å²) in [5, 5.41) is 1.09. The van der Waals surface area contributed by atoms with Crippen molar-refractivity contribution in [3.8, 4) is 11.6 Å². The van der Waals surface area contributed by atoms with E-state index in [1.165, 1.54) is 18.3 Å². The molecule has 0 saturated carbocycles. The molecule has 0 unspecified atom stereocenters. The third kappa shape index (κ3) is 3.11. The average molecular weight is 344 g/mol. The standard InChI is InChI=1S/C10H3Cl5N2O/c11-4-1-6(13)8(2-5(4)12)18-9-7(14)3-16-10(15)17-9/h1-3H. The van der Waals surface area contributed by atoms with Crippen molar-refractivity contribution in [1.82, 2.24) is 9.97 Å². The van der Waals surface area contributed by atoms with Crippen LogP contribution in [0.1, 0.15) is 0 Å². The third-order valence-corrected chi connectivity index (χ3v) is 3.32. The molecular weight excluding hydrogens is 341 g/mol. The van der Waals surface area contributed by atoms with Crippen LogP contribution in [0.4, 0.5) is 0 Å². The van der Waals surface area contributed by atoms with Gasteiger partial charge in [-0.1, -0.05) is 46.4 Å². The topological polar surface area (TPSA) is 35.0 Å². The lowest BCUT2D eigenvalue weighted by molar-refractivity contribution is 0.462. The summed E-state index contributed by atoms with van der Waals surface area (Å²) >= 11 is 29.1. The molecule has 0 fully saturated rings. The minimum absolute atomic E-state index is 0.00517. The smallest absolute Gasteiger partial charge is 0.242 e. The summed E-state index contributed by atoms with van der Waals surface area (Å²) < 4.78 is 5.41. The number of nitrogens with zero attached hydrogens (tertiary/aromatic N) is 2. The summed E-state index contributed by atoms with van der Waals surface area (Å²) in [7, 11) is 0. The Labute approximate surface area is 128 Å².